The Balaban J connectivity index is 2.15. The van der Waals surface area contributed by atoms with Gasteiger partial charge in [0.15, 0.2) is 0 Å². The molecule has 1 aromatic carbocycles. The number of aromatic nitrogens is 2. The van der Waals surface area contributed by atoms with Crippen molar-refractivity contribution in [2.24, 2.45) is 0 Å². The van der Waals surface area contributed by atoms with E-state index in [0.29, 0.717) is 0 Å². The Morgan fingerprint density at radius 1 is 1.12 bits per heavy atom. The first kappa shape index (κ1) is 19.8. The van der Waals surface area contributed by atoms with Crippen LogP contribution < -0.4 is 16.4 Å². The Morgan fingerprint density at radius 3 is 2.23 bits per heavy atom. The van der Waals surface area contributed by atoms with E-state index in [1.54, 1.807) is 12.4 Å². The molecule has 2 aromatic rings. The van der Waals surface area contributed by atoms with Gasteiger partial charge in [-0.2, -0.15) is 0 Å². The number of hydrogen-bond acceptors (Lipinski definition) is 5. The number of benzene rings is 1. The minimum Gasteiger partial charge on any atom is -0.368 e. The van der Waals surface area contributed by atoms with E-state index in [4.69, 9.17) is 5.73 Å². The molecule has 1 atom stereocenters. The van der Waals surface area contributed by atoms with Crippen LogP contribution in [0.2, 0.25) is 0 Å². The van der Waals surface area contributed by atoms with Gasteiger partial charge < -0.3 is 16.4 Å². The molecule has 1 heterocycles. The molecule has 0 saturated heterocycles. The maximum Gasteiger partial charge on any atom is 0.244 e. The second kappa shape index (κ2) is 8.76. The smallest absolute Gasteiger partial charge is 0.244 e. The van der Waals surface area contributed by atoms with Crippen LogP contribution in [0.4, 0.5) is 11.6 Å². The summed E-state index contributed by atoms with van der Waals surface area (Å²) in [5.41, 5.74) is 7.60. The van der Waals surface area contributed by atoms with Crippen molar-refractivity contribution in [3.63, 3.8) is 0 Å². The maximum absolute atomic E-state index is 13.0. The second-order valence-corrected chi connectivity index (χ2v) is 6.85. The molecule has 0 aliphatic heterocycles. The third kappa shape index (κ3) is 4.79. The zero-order valence-electron chi connectivity index (χ0n) is 16.0. The topological polar surface area (TPSA) is 92.9 Å². The van der Waals surface area contributed by atoms with Crippen LogP contribution in [-0.4, -0.2) is 27.5 Å². The lowest BCUT2D eigenvalue weighted by molar-refractivity contribution is -0.123. The lowest BCUT2D eigenvalue weighted by Gasteiger charge is -2.34. The van der Waals surface area contributed by atoms with E-state index in [9.17, 15) is 4.79 Å². The quantitative estimate of drug-likeness (QED) is 0.672. The van der Waals surface area contributed by atoms with Crippen molar-refractivity contribution in [2.75, 3.05) is 11.1 Å². The van der Waals surface area contributed by atoms with Crippen molar-refractivity contribution >= 4 is 17.5 Å². The first-order valence-electron chi connectivity index (χ1n) is 9.17. The molecular weight excluding hydrogens is 326 g/mol. The molecule has 0 spiro atoms. The van der Waals surface area contributed by atoms with E-state index >= 15 is 0 Å². The molecule has 0 fully saturated rings. The molecule has 0 bridgehead atoms. The molecule has 0 unspecified atom stereocenters. The second-order valence-electron chi connectivity index (χ2n) is 6.85. The van der Waals surface area contributed by atoms with Gasteiger partial charge in [-0.3, -0.25) is 4.79 Å². The Labute approximate surface area is 155 Å². The fraction of sp³-hybridized carbons (Fsp3) is 0.450. The highest BCUT2D eigenvalue weighted by Gasteiger charge is 2.36. The number of hydrogen-bond donors (Lipinski definition) is 3. The molecule has 1 aromatic heterocycles. The van der Waals surface area contributed by atoms with Crippen LogP contribution in [0.3, 0.4) is 0 Å². The number of amides is 1. The summed E-state index contributed by atoms with van der Waals surface area (Å²) in [6, 6.07) is 7.90. The average molecular weight is 355 g/mol. The molecule has 1 amide bonds. The molecule has 0 aliphatic carbocycles. The van der Waals surface area contributed by atoms with Gasteiger partial charge in [0.2, 0.25) is 11.9 Å². The maximum atomic E-state index is 13.0. The summed E-state index contributed by atoms with van der Waals surface area (Å²) in [5.74, 6) is 0.265. The minimum absolute atomic E-state index is 0.0131. The van der Waals surface area contributed by atoms with Gasteiger partial charge in [0.05, 0.1) is 5.54 Å². The summed E-state index contributed by atoms with van der Waals surface area (Å²) in [7, 11) is 0. The van der Waals surface area contributed by atoms with Gasteiger partial charge in [-0.05, 0) is 44.4 Å². The standard InChI is InChI=1S/C20H29N5O/c1-5-11-20(6-2,25-14(3)4)18(26)24-17-9-7-15(8-10-17)16-12-22-19(21)23-13-16/h7-10,12-14,25H,5-6,11H2,1-4H3,(H,24,26)(H2,21,22,23)/t20-/m0/s1. The average Bonchev–Trinajstić information content (AvgIpc) is 2.62. The largest absolute Gasteiger partial charge is 0.368 e. The number of carbonyl (C=O) groups is 1. The summed E-state index contributed by atoms with van der Waals surface area (Å²) in [5, 5.41) is 6.53. The van der Waals surface area contributed by atoms with Crippen LogP contribution in [0, 0.1) is 0 Å². The minimum atomic E-state index is -0.549. The van der Waals surface area contributed by atoms with E-state index in [0.717, 1.165) is 36.1 Å². The molecule has 6 nitrogen and oxygen atoms in total. The normalized spacial score (nSPS) is 13.4. The van der Waals surface area contributed by atoms with Gasteiger partial charge in [-0.15, -0.1) is 0 Å². The van der Waals surface area contributed by atoms with Crippen LogP contribution in [0.25, 0.3) is 11.1 Å². The summed E-state index contributed by atoms with van der Waals surface area (Å²) in [4.78, 5) is 21.0. The van der Waals surface area contributed by atoms with Crippen molar-refractivity contribution in [1.82, 2.24) is 15.3 Å². The predicted molar refractivity (Wildman–Crippen MR) is 107 cm³/mol. The number of carbonyl (C=O) groups excluding carboxylic acids is 1. The highest BCUT2D eigenvalue weighted by molar-refractivity contribution is 5.98. The van der Waals surface area contributed by atoms with Crippen molar-refractivity contribution in [3.8, 4) is 11.1 Å². The van der Waals surface area contributed by atoms with Crippen LogP contribution >= 0.6 is 0 Å². The van der Waals surface area contributed by atoms with E-state index in [1.165, 1.54) is 0 Å². The zero-order valence-corrected chi connectivity index (χ0v) is 16.0. The number of rotatable bonds is 8. The van der Waals surface area contributed by atoms with E-state index in [2.05, 4.69) is 48.3 Å². The monoisotopic (exact) mass is 355 g/mol. The molecule has 4 N–H and O–H groups in total. The summed E-state index contributed by atoms with van der Waals surface area (Å²) >= 11 is 0. The van der Waals surface area contributed by atoms with E-state index < -0.39 is 5.54 Å². The molecule has 140 valence electrons. The molecule has 26 heavy (non-hydrogen) atoms. The summed E-state index contributed by atoms with van der Waals surface area (Å²) in [6.45, 7) is 8.28. The molecule has 2 rings (SSSR count). The molecular formula is C20H29N5O. The highest BCUT2D eigenvalue weighted by atomic mass is 16.2. The first-order chi connectivity index (χ1) is 12.4. The van der Waals surface area contributed by atoms with Gasteiger partial charge >= 0.3 is 0 Å². The van der Waals surface area contributed by atoms with Gasteiger partial charge in [0, 0.05) is 29.7 Å². The first-order valence-corrected chi connectivity index (χ1v) is 9.17. The summed E-state index contributed by atoms with van der Waals surface area (Å²) in [6.07, 6.45) is 5.86. The van der Waals surface area contributed by atoms with Crippen LogP contribution in [0.1, 0.15) is 47.0 Å². The Kier molecular flexibility index (Phi) is 6.69. The number of nitrogens with two attached hydrogens (primary N) is 1. The van der Waals surface area contributed by atoms with E-state index in [-0.39, 0.29) is 17.9 Å². The van der Waals surface area contributed by atoms with Crippen molar-refractivity contribution in [2.45, 2.75) is 58.5 Å². The Hall–Kier alpha value is -2.47. The Bertz CT molecular complexity index is 712. The van der Waals surface area contributed by atoms with Crippen LogP contribution in [0.5, 0.6) is 0 Å². The van der Waals surface area contributed by atoms with Crippen molar-refractivity contribution in [3.05, 3.63) is 36.7 Å². The fourth-order valence-corrected chi connectivity index (χ4v) is 3.15. The van der Waals surface area contributed by atoms with Crippen molar-refractivity contribution < 1.29 is 4.79 Å². The number of nitrogens with one attached hydrogen (secondary N) is 2. The van der Waals surface area contributed by atoms with Crippen LogP contribution in [0.15, 0.2) is 36.7 Å². The summed E-state index contributed by atoms with van der Waals surface area (Å²) < 4.78 is 0. The molecule has 0 radical (unpaired) electrons. The number of anilines is 2. The third-order valence-corrected chi connectivity index (χ3v) is 4.43. The fourth-order valence-electron chi connectivity index (χ4n) is 3.15. The van der Waals surface area contributed by atoms with Crippen molar-refractivity contribution in [1.29, 1.82) is 0 Å². The Morgan fingerprint density at radius 2 is 1.73 bits per heavy atom. The SMILES string of the molecule is CCC[C@](CC)(NC(C)C)C(=O)Nc1ccc(-c2cnc(N)nc2)cc1. The van der Waals surface area contributed by atoms with Gasteiger partial charge in [0.25, 0.3) is 0 Å². The predicted octanol–water partition coefficient (Wildman–Crippen LogP) is 3.61. The van der Waals surface area contributed by atoms with Gasteiger partial charge in [-0.25, -0.2) is 9.97 Å². The van der Waals surface area contributed by atoms with Gasteiger partial charge in [0.1, 0.15) is 0 Å². The number of nitrogen functional groups attached to an aromatic ring is 1. The number of nitrogens with zero attached hydrogens (tertiary/aromatic N) is 2. The molecule has 0 aliphatic rings. The third-order valence-electron chi connectivity index (χ3n) is 4.43. The highest BCUT2D eigenvalue weighted by Crippen LogP contribution is 2.24. The van der Waals surface area contributed by atoms with Gasteiger partial charge in [-0.1, -0.05) is 32.4 Å². The zero-order chi connectivity index (χ0) is 19.2. The lowest BCUT2D eigenvalue weighted by atomic mass is 9.88. The molecule has 0 saturated carbocycles. The lowest BCUT2D eigenvalue weighted by Crippen LogP contribution is -2.56. The molecule has 6 heteroatoms. The van der Waals surface area contributed by atoms with E-state index in [1.807, 2.05) is 24.3 Å². The van der Waals surface area contributed by atoms with Crippen LogP contribution in [-0.2, 0) is 4.79 Å².